The summed E-state index contributed by atoms with van der Waals surface area (Å²) < 4.78 is 44.1. The minimum atomic E-state index is -4.50. The Morgan fingerprint density at radius 3 is 2.36 bits per heavy atom. The molecule has 0 aliphatic carbocycles. The zero-order chi connectivity index (χ0) is 26.5. The van der Waals surface area contributed by atoms with Gasteiger partial charge >= 0.3 is 6.18 Å². The van der Waals surface area contributed by atoms with E-state index in [1.807, 2.05) is 26.2 Å². The summed E-state index contributed by atoms with van der Waals surface area (Å²) in [5.41, 5.74) is 1.09. The maximum atomic E-state index is 13.2. The molecule has 2 heterocycles. The zero-order valence-corrected chi connectivity index (χ0v) is 22.0. The molecular weight excluding hydrogens is 486 g/mol. The quantitative estimate of drug-likeness (QED) is 0.385. The molecule has 3 aromatic rings. The van der Waals surface area contributed by atoms with Gasteiger partial charge < -0.3 is 10.1 Å². The first-order chi connectivity index (χ1) is 16.9. The predicted molar refractivity (Wildman–Crippen MR) is 137 cm³/mol. The van der Waals surface area contributed by atoms with E-state index in [-0.39, 0.29) is 17.8 Å². The third-order valence-corrected chi connectivity index (χ3v) is 6.84. The first-order valence-electron chi connectivity index (χ1n) is 11.6. The number of benzene rings is 1. The smallest absolute Gasteiger partial charge is 0.417 e. The van der Waals surface area contributed by atoms with Crippen LogP contribution >= 0.6 is 8.58 Å². The van der Waals surface area contributed by atoms with Crippen LogP contribution in [0.25, 0.3) is 0 Å². The number of carbonyl (C=O) groups excluding carboxylic acids is 1. The third-order valence-electron chi connectivity index (χ3n) is 5.98. The van der Waals surface area contributed by atoms with Gasteiger partial charge in [-0.2, -0.15) is 13.2 Å². The molecule has 5 nitrogen and oxygen atoms in total. The Kier molecular flexibility index (Phi) is 8.72. The first kappa shape index (κ1) is 27.6. The number of amides is 1. The fourth-order valence-corrected chi connectivity index (χ4v) is 4.27. The maximum absolute atomic E-state index is 13.2. The molecule has 0 fully saturated rings. The lowest BCUT2D eigenvalue weighted by Gasteiger charge is -2.30. The highest BCUT2D eigenvalue weighted by Gasteiger charge is 2.34. The van der Waals surface area contributed by atoms with Gasteiger partial charge in [0.25, 0.3) is 5.91 Å². The highest BCUT2D eigenvalue weighted by Crippen LogP contribution is 2.30. The van der Waals surface area contributed by atoms with Gasteiger partial charge in [0.05, 0.1) is 5.56 Å². The number of halogens is 3. The Labute approximate surface area is 211 Å². The van der Waals surface area contributed by atoms with Gasteiger partial charge in [-0.25, -0.2) is 4.98 Å². The van der Waals surface area contributed by atoms with Crippen LogP contribution in [0.1, 0.15) is 48.9 Å². The van der Waals surface area contributed by atoms with Gasteiger partial charge in [0.15, 0.2) is 5.60 Å². The van der Waals surface area contributed by atoms with Crippen molar-refractivity contribution in [2.45, 2.75) is 57.9 Å². The predicted octanol–water partition coefficient (Wildman–Crippen LogP) is 5.43. The lowest BCUT2D eigenvalue weighted by Crippen LogP contribution is -2.51. The topological polar surface area (TPSA) is 64.1 Å². The summed E-state index contributed by atoms with van der Waals surface area (Å²) in [7, 11) is 0.598. The van der Waals surface area contributed by atoms with Crippen molar-refractivity contribution in [3.8, 4) is 5.88 Å². The van der Waals surface area contributed by atoms with Crippen LogP contribution in [0, 0.1) is 6.92 Å². The summed E-state index contributed by atoms with van der Waals surface area (Å²) in [4.78, 5) is 21.3. The first-order valence-corrected chi connectivity index (χ1v) is 13.1. The number of rotatable bonds is 9. The second kappa shape index (κ2) is 11.4. The van der Waals surface area contributed by atoms with E-state index in [9.17, 15) is 18.0 Å². The average Bonchev–Trinajstić information content (AvgIpc) is 2.83. The van der Waals surface area contributed by atoms with Crippen LogP contribution in [0.5, 0.6) is 5.88 Å². The number of aryl methyl sites for hydroxylation is 1. The van der Waals surface area contributed by atoms with Crippen LogP contribution < -0.4 is 15.4 Å². The van der Waals surface area contributed by atoms with Crippen LogP contribution in [0.4, 0.5) is 13.2 Å². The van der Waals surface area contributed by atoms with Gasteiger partial charge in [-0.3, -0.25) is 9.78 Å². The molecule has 1 aromatic carbocycles. The second-order valence-electron chi connectivity index (χ2n) is 9.31. The Bertz CT molecular complexity index is 1170. The molecule has 0 radical (unpaired) electrons. The minimum Gasteiger partial charge on any atom is -0.462 e. The number of ether oxygens (including phenoxy) is 1. The molecule has 192 valence electrons. The van der Waals surface area contributed by atoms with Crippen LogP contribution in [-0.4, -0.2) is 34.2 Å². The van der Waals surface area contributed by atoms with Gasteiger partial charge in [-0.05, 0) is 69.3 Å². The lowest BCUT2D eigenvalue weighted by atomic mass is 9.87. The number of alkyl halides is 3. The molecule has 3 atom stereocenters. The number of pyridine rings is 2. The number of hydrogen-bond donors (Lipinski definition) is 1. The summed E-state index contributed by atoms with van der Waals surface area (Å²) in [6, 6.07) is 12.1. The molecule has 1 amide bonds. The second-order valence-corrected chi connectivity index (χ2v) is 10.4. The number of nitrogens with zero attached hydrogens (tertiary/aromatic N) is 2. The molecule has 2 aromatic heterocycles. The van der Waals surface area contributed by atoms with E-state index < -0.39 is 23.2 Å². The zero-order valence-electron chi connectivity index (χ0n) is 21.0. The normalized spacial score (nSPS) is 14.0. The lowest BCUT2D eigenvalue weighted by molar-refractivity contribution is -0.138. The maximum Gasteiger partial charge on any atom is 0.417 e. The minimum absolute atomic E-state index is 0.0551. The Morgan fingerprint density at radius 1 is 1.08 bits per heavy atom. The standard InChI is InChI=1S/C27H31F3N3O2P/c1-17-6-8-19(9-7-17)12-23(20-13-22(36-5)16-31-14-20)18(2)33-25(34)26(3,4)35-24-11-10-21(15-32-24)27(28,29)30/h6-11,13-16,18,23,36H,12H2,1-5H3,(H,33,34). The molecule has 0 spiro atoms. The van der Waals surface area contributed by atoms with Crippen molar-refractivity contribution in [2.75, 3.05) is 6.66 Å². The van der Waals surface area contributed by atoms with Gasteiger partial charge in [-0.1, -0.05) is 38.4 Å². The number of hydrogen-bond acceptors (Lipinski definition) is 4. The van der Waals surface area contributed by atoms with Crippen molar-refractivity contribution < 1.29 is 22.7 Å². The summed E-state index contributed by atoms with van der Waals surface area (Å²) in [6.07, 6.45) is 0.575. The molecule has 3 unspecified atom stereocenters. The fourth-order valence-electron chi connectivity index (χ4n) is 3.76. The van der Waals surface area contributed by atoms with Crippen molar-refractivity contribution in [3.05, 3.63) is 83.3 Å². The molecule has 1 N–H and O–H groups in total. The monoisotopic (exact) mass is 517 g/mol. The van der Waals surface area contributed by atoms with Gasteiger partial charge in [0.1, 0.15) is 0 Å². The van der Waals surface area contributed by atoms with Crippen LogP contribution in [0.15, 0.2) is 61.1 Å². The molecule has 36 heavy (non-hydrogen) atoms. The van der Waals surface area contributed by atoms with Gasteiger partial charge in [0.2, 0.25) is 5.88 Å². The molecule has 3 rings (SSSR count). The van der Waals surface area contributed by atoms with Gasteiger partial charge in [0, 0.05) is 36.6 Å². The van der Waals surface area contributed by atoms with Crippen molar-refractivity contribution >= 4 is 19.8 Å². The molecule has 0 aliphatic heterocycles. The third kappa shape index (κ3) is 7.26. The van der Waals surface area contributed by atoms with Crippen molar-refractivity contribution in [1.29, 1.82) is 0 Å². The van der Waals surface area contributed by atoms with Crippen LogP contribution in [0.3, 0.4) is 0 Å². The van der Waals surface area contributed by atoms with Crippen LogP contribution in [-0.2, 0) is 17.4 Å². The van der Waals surface area contributed by atoms with Crippen molar-refractivity contribution in [3.63, 3.8) is 0 Å². The number of carbonyl (C=O) groups is 1. The summed E-state index contributed by atoms with van der Waals surface area (Å²) in [5.74, 6) is -0.514. The summed E-state index contributed by atoms with van der Waals surface area (Å²) in [5, 5.41) is 4.18. The largest absolute Gasteiger partial charge is 0.462 e. The number of nitrogens with one attached hydrogen (secondary N) is 1. The molecule has 0 bridgehead atoms. The Morgan fingerprint density at radius 2 is 1.78 bits per heavy atom. The molecule has 0 aliphatic rings. The highest BCUT2D eigenvalue weighted by molar-refractivity contribution is 7.46. The van der Waals surface area contributed by atoms with Crippen molar-refractivity contribution in [2.24, 2.45) is 0 Å². The Balaban J connectivity index is 1.78. The van der Waals surface area contributed by atoms with Crippen molar-refractivity contribution in [1.82, 2.24) is 15.3 Å². The SMILES string of the molecule is CPc1cncc(C(Cc2ccc(C)cc2)C(C)NC(=O)C(C)(C)Oc2ccc(C(F)(F)F)cn2)c1. The summed E-state index contributed by atoms with van der Waals surface area (Å²) >= 11 is 0. The molecule has 0 saturated heterocycles. The van der Waals surface area contributed by atoms with Crippen LogP contribution in [0.2, 0.25) is 0 Å². The van der Waals surface area contributed by atoms with E-state index in [4.69, 9.17) is 4.74 Å². The Hall–Kier alpha value is -2.99. The highest BCUT2D eigenvalue weighted by atomic mass is 31.1. The average molecular weight is 518 g/mol. The molecule has 0 saturated carbocycles. The van der Waals surface area contributed by atoms with E-state index in [0.717, 1.165) is 28.6 Å². The van der Waals surface area contributed by atoms with E-state index in [1.54, 1.807) is 13.8 Å². The molecule has 9 heteroatoms. The molecular formula is C27H31F3N3O2P. The van der Waals surface area contributed by atoms with E-state index in [2.05, 4.69) is 52.3 Å². The van der Waals surface area contributed by atoms with E-state index in [0.29, 0.717) is 21.2 Å². The van der Waals surface area contributed by atoms with Gasteiger partial charge in [-0.15, -0.1) is 0 Å². The fraction of sp³-hybridized carbons (Fsp3) is 0.370. The van der Waals surface area contributed by atoms with E-state index >= 15 is 0 Å². The van der Waals surface area contributed by atoms with E-state index in [1.165, 1.54) is 5.56 Å². The number of aromatic nitrogens is 2. The summed E-state index contributed by atoms with van der Waals surface area (Å²) in [6.45, 7) is 9.18.